The SMILES string of the molecule is C=C(/C=C\C(=C)C(=C)/C=C(/CC)C(=C)C(=C)/C=C\C(=C)CC)CC.CCC.CSN(C)C. The molecule has 0 saturated heterocycles. The molecule has 0 aliphatic rings. The van der Waals surface area contributed by atoms with Crippen LogP contribution in [-0.4, -0.2) is 24.7 Å². The molecule has 180 valence electrons. The average Bonchev–Trinajstić information content (AvgIpc) is 2.78. The predicted octanol–water partition coefficient (Wildman–Crippen LogP) is 9.83. The van der Waals surface area contributed by atoms with Gasteiger partial charge in [-0.1, -0.05) is 134 Å². The molecule has 0 amide bonds. The van der Waals surface area contributed by atoms with Crippen LogP contribution in [0.3, 0.4) is 0 Å². The first kappa shape index (κ1) is 34.6. The lowest BCUT2D eigenvalue weighted by Gasteiger charge is -2.11. The van der Waals surface area contributed by atoms with Gasteiger partial charge < -0.3 is 0 Å². The molecule has 0 aromatic heterocycles. The van der Waals surface area contributed by atoms with Crippen molar-refractivity contribution >= 4 is 11.9 Å². The maximum atomic E-state index is 4.18. The number of allylic oxidation sites excluding steroid dienone is 12. The molecule has 0 unspecified atom stereocenters. The summed E-state index contributed by atoms with van der Waals surface area (Å²) in [6.45, 7) is 34.9. The normalized spacial score (nSPS) is 10.8. The van der Waals surface area contributed by atoms with Crippen molar-refractivity contribution in [3.8, 4) is 0 Å². The molecule has 0 bridgehead atoms. The predicted molar refractivity (Wildman–Crippen MR) is 155 cm³/mol. The highest BCUT2D eigenvalue weighted by molar-refractivity contribution is 7.96. The second-order valence-electron chi connectivity index (χ2n) is 7.47. The van der Waals surface area contributed by atoms with Gasteiger partial charge in [0.15, 0.2) is 0 Å². The summed E-state index contributed by atoms with van der Waals surface area (Å²) < 4.78 is 2.04. The summed E-state index contributed by atoms with van der Waals surface area (Å²) in [7, 11) is 4.04. The van der Waals surface area contributed by atoms with Gasteiger partial charge in [-0.05, 0) is 67.5 Å². The first-order chi connectivity index (χ1) is 14.9. The monoisotopic (exact) mass is 455 g/mol. The Bertz CT molecular complexity index is 711. The van der Waals surface area contributed by atoms with E-state index < -0.39 is 0 Å². The van der Waals surface area contributed by atoms with E-state index in [9.17, 15) is 0 Å². The molecule has 1 nitrogen and oxygen atoms in total. The summed E-state index contributed by atoms with van der Waals surface area (Å²) in [4.78, 5) is 0. The lowest BCUT2D eigenvalue weighted by molar-refractivity contribution is 0.706. The minimum atomic E-state index is 0.859. The lowest BCUT2D eigenvalue weighted by Crippen LogP contribution is -1.95. The summed E-state index contributed by atoms with van der Waals surface area (Å²) in [6, 6.07) is 0. The van der Waals surface area contributed by atoms with E-state index in [1.54, 1.807) is 11.9 Å². The van der Waals surface area contributed by atoms with Crippen LogP contribution in [-0.2, 0) is 0 Å². The van der Waals surface area contributed by atoms with Crippen LogP contribution < -0.4 is 0 Å². The second-order valence-corrected chi connectivity index (χ2v) is 8.57. The first-order valence-corrected chi connectivity index (χ1v) is 12.5. The minimum Gasteiger partial charge on any atom is -0.257 e. The molecule has 0 atom stereocenters. The van der Waals surface area contributed by atoms with E-state index in [4.69, 9.17) is 0 Å². The third-order valence-electron chi connectivity index (χ3n) is 4.23. The van der Waals surface area contributed by atoms with Gasteiger partial charge >= 0.3 is 0 Å². The van der Waals surface area contributed by atoms with Crippen molar-refractivity contribution in [1.29, 1.82) is 0 Å². The molecule has 0 aromatic carbocycles. The quantitative estimate of drug-likeness (QED) is 0.213. The Labute approximate surface area is 205 Å². The van der Waals surface area contributed by atoms with Gasteiger partial charge in [-0.2, -0.15) is 0 Å². The summed E-state index contributed by atoms with van der Waals surface area (Å²) in [6.07, 6.45) is 16.0. The maximum Gasteiger partial charge on any atom is -0.00286 e. The standard InChI is InChI=1S/C24H32.C3H9NS.C3H8/c1-10-18(4)13-15-20(6)22(8)17-24(12-3)23(9)21(7)16-14-19(5)11-2;1-4(2)5-3;1-3-2/h13-17H,4-12H2,1-3H3;1-3H3;3H2,1-2H3/b15-13-,16-14-,24-17-;;. The van der Waals surface area contributed by atoms with Crippen molar-refractivity contribution in [1.82, 2.24) is 4.31 Å². The highest BCUT2D eigenvalue weighted by atomic mass is 32.2. The van der Waals surface area contributed by atoms with Gasteiger partial charge in [-0.25, -0.2) is 0 Å². The number of nitrogens with zero attached hydrogens (tertiary/aromatic N) is 1. The second kappa shape index (κ2) is 22.2. The molecule has 32 heavy (non-hydrogen) atoms. The van der Waals surface area contributed by atoms with Crippen molar-refractivity contribution < 1.29 is 0 Å². The van der Waals surface area contributed by atoms with Gasteiger partial charge in [0.05, 0.1) is 0 Å². The molecule has 0 aliphatic heterocycles. The van der Waals surface area contributed by atoms with Gasteiger partial charge in [0.25, 0.3) is 0 Å². The van der Waals surface area contributed by atoms with E-state index in [2.05, 4.69) is 74.1 Å². The highest BCUT2D eigenvalue weighted by Gasteiger charge is 2.05. The van der Waals surface area contributed by atoms with Crippen LogP contribution in [0.2, 0.25) is 0 Å². The van der Waals surface area contributed by atoms with Crippen molar-refractivity contribution in [3.63, 3.8) is 0 Å². The van der Waals surface area contributed by atoms with E-state index in [1.807, 2.05) is 55.0 Å². The molecule has 0 N–H and O–H groups in total. The molecule has 0 rings (SSSR count). The van der Waals surface area contributed by atoms with E-state index in [0.29, 0.717) is 0 Å². The number of hydrogen-bond acceptors (Lipinski definition) is 2. The van der Waals surface area contributed by atoms with Gasteiger partial charge in [0, 0.05) is 0 Å². The Hall–Kier alpha value is -2.03. The van der Waals surface area contributed by atoms with E-state index in [-0.39, 0.29) is 0 Å². The molecular weight excluding hydrogens is 406 g/mol. The zero-order valence-electron chi connectivity index (χ0n) is 22.3. The summed E-state index contributed by atoms with van der Waals surface area (Å²) in [5.74, 6) is 0. The minimum absolute atomic E-state index is 0.859. The van der Waals surface area contributed by atoms with Crippen molar-refractivity contribution in [2.45, 2.75) is 60.3 Å². The highest BCUT2D eigenvalue weighted by Crippen LogP contribution is 2.24. The van der Waals surface area contributed by atoms with Crippen LogP contribution in [0.4, 0.5) is 0 Å². The Morgan fingerprint density at radius 3 is 1.34 bits per heavy atom. The topological polar surface area (TPSA) is 3.24 Å². The van der Waals surface area contributed by atoms with E-state index in [1.165, 1.54) is 6.42 Å². The summed E-state index contributed by atoms with van der Waals surface area (Å²) >= 11 is 1.71. The van der Waals surface area contributed by atoms with Crippen molar-refractivity contribution in [3.05, 3.63) is 109 Å². The van der Waals surface area contributed by atoms with Crippen LogP contribution in [0.5, 0.6) is 0 Å². The number of rotatable bonds is 12. The summed E-state index contributed by atoms with van der Waals surface area (Å²) in [5, 5.41) is 0. The fraction of sp³-hybridized carbons (Fsp3) is 0.400. The van der Waals surface area contributed by atoms with Gasteiger partial charge in [0.2, 0.25) is 0 Å². The Morgan fingerprint density at radius 1 is 0.656 bits per heavy atom. The molecule has 0 heterocycles. The third-order valence-corrected chi connectivity index (χ3v) is 4.96. The zero-order valence-corrected chi connectivity index (χ0v) is 23.1. The van der Waals surface area contributed by atoms with Crippen LogP contribution in [0.15, 0.2) is 109 Å². The zero-order chi connectivity index (χ0) is 25.7. The Kier molecular flexibility index (Phi) is 24.0. The Morgan fingerprint density at radius 2 is 1.03 bits per heavy atom. The molecule has 2 heteroatoms. The van der Waals surface area contributed by atoms with Crippen LogP contribution in [0, 0.1) is 0 Å². The van der Waals surface area contributed by atoms with E-state index >= 15 is 0 Å². The largest absolute Gasteiger partial charge is 0.257 e. The first-order valence-electron chi connectivity index (χ1n) is 11.4. The van der Waals surface area contributed by atoms with Gasteiger partial charge in [-0.15, -0.1) is 0 Å². The van der Waals surface area contributed by atoms with Crippen LogP contribution >= 0.6 is 11.9 Å². The van der Waals surface area contributed by atoms with Gasteiger partial charge in [-0.3, -0.25) is 4.31 Å². The lowest BCUT2D eigenvalue weighted by atomic mass is 9.94. The molecular formula is C30H49NS. The maximum absolute atomic E-state index is 4.18. The van der Waals surface area contributed by atoms with Crippen LogP contribution in [0.25, 0.3) is 0 Å². The van der Waals surface area contributed by atoms with Crippen molar-refractivity contribution in [2.24, 2.45) is 0 Å². The fourth-order valence-electron chi connectivity index (χ4n) is 1.79. The van der Waals surface area contributed by atoms with Gasteiger partial charge in [0.1, 0.15) is 0 Å². The molecule has 0 radical (unpaired) electrons. The molecule has 0 spiro atoms. The van der Waals surface area contributed by atoms with E-state index in [0.717, 1.165) is 58.3 Å². The smallest absolute Gasteiger partial charge is 0.00286 e. The molecule has 0 aliphatic carbocycles. The molecule has 0 aromatic rings. The summed E-state index contributed by atoms with van der Waals surface area (Å²) in [5.41, 5.74) is 6.83. The van der Waals surface area contributed by atoms with Crippen LogP contribution in [0.1, 0.15) is 60.3 Å². The third kappa shape index (κ3) is 19.9. The molecule has 0 saturated carbocycles. The average molecular weight is 456 g/mol. The molecule has 0 fully saturated rings. The van der Waals surface area contributed by atoms with Crippen molar-refractivity contribution in [2.75, 3.05) is 20.4 Å². The Balaban J connectivity index is -0.000000897. The fourth-order valence-corrected chi connectivity index (χ4v) is 1.79. The number of hydrogen-bond donors (Lipinski definition) is 0.